The van der Waals surface area contributed by atoms with Gasteiger partial charge in [0.05, 0.1) is 0 Å². The van der Waals surface area contributed by atoms with Crippen molar-refractivity contribution in [2.75, 3.05) is 78.8 Å². The molecule has 0 fully saturated rings. The van der Waals surface area contributed by atoms with Crippen LogP contribution in [0.25, 0.3) is 0 Å². The fraction of sp³-hybridized carbons (Fsp3) is 0.505. The molecule has 0 radical (unpaired) electrons. The number of fused-ring (bicyclic) bond motifs is 22. The van der Waals surface area contributed by atoms with Gasteiger partial charge in [-0.2, -0.15) is 0 Å². The van der Waals surface area contributed by atoms with Gasteiger partial charge in [0.25, 0.3) is 23.6 Å². The van der Waals surface area contributed by atoms with E-state index in [9.17, 15) is 30.0 Å². The lowest BCUT2D eigenvalue weighted by atomic mass is 9.79. The third-order valence-corrected chi connectivity index (χ3v) is 25.0. The number of nitrogens with one attached hydrogen (secondary N) is 6. The Hall–Kier alpha value is -10.0. The second-order valence-electron chi connectivity index (χ2n) is 43.7. The quantitative estimate of drug-likeness (QED) is 0.0634. The summed E-state index contributed by atoms with van der Waals surface area (Å²) in [6.07, 6.45) is 1.74. The number of amides is 4. The summed E-state index contributed by atoms with van der Waals surface area (Å²) in [5, 5.41) is 71.8. The van der Waals surface area contributed by atoms with Crippen molar-refractivity contribution >= 4 is 23.6 Å². The number of rotatable bonds is 0. The predicted octanol–water partition coefficient (Wildman–Crippen LogP) is 17.1. The third-order valence-electron chi connectivity index (χ3n) is 25.0. The molecule has 0 aromatic heterocycles. The highest BCUT2D eigenvalue weighted by molar-refractivity contribution is 5.80. The molecule has 123 heavy (non-hydrogen) atoms. The van der Waals surface area contributed by atoms with Crippen molar-refractivity contribution < 1.29 is 58.6 Å². The van der Waals surface area contributed by atoms with E-state index < -0.39 is 42.3 Å². The van der Waals surface area contributed by atoms with Gasteiger partial charge >= 0.3 is 0 Å². The van der Waals surface area contributed by atoms with E-state index >= 15 is 9.59 Å². The highest BCUT2D eigenvalue weighted by Crippen LogP contribution is 2.48. The number of hydrogen-bond acceptors (Lipinski definition) is 14. The first kappa shape index (κ1) is 92.1. The minimum absolute atomic E-state index is 0.0103. The van der Waals surface area contributed by atoms with Crippen LogP contribution in [0, 0.1) is 5.41 Å². The molecule has 0 atom stereocenters. The van der Waals surface area contributed by atoms with Gasteiger partial charge in [0, 0.05) is 109 Å². The monoisotopic (exact) mass is 1680 g/mol. The van der Waals surface area contributed by atoms with Crippen molar-refractivity contribution in [2.45, 2.75) is 261 Å². The van der Waals surface area contributed by atoms with Crippen LogP contribution in [-0.4, -0.2) is 123 Å². The van der Waals surface area contributed by atoms with E-state index in [1.165, 1.54) is 0 Å². The molecule has 0 unspecified atom stereocenters. The maximum atomic E-state index is 15.2. The van der Waals surface area contributed by atoms with Gasteiger partial charge < -0.3 is 71.3 Å². The Morgan fingerprint density at radius 2 is 0.382 bits per heavy atom. The van der Waals surface area contributed by atoms with Crippen LogP contribution in [0.15, 0.2) is 97.1 Å². The van der Waals surface area contributed by atoms with Gasteiger partial charge in [0.2, 0.25) is 0 Å². The first-order chi connectivity index (χ1) is 57.2. The SMILES string of the molecule is CC(C)(C)c1cc2c(O)c(c1)Cc1cc(C(C)(C)C)cc3c1OCC(=O)NCCNCC1(CNCCNC(=O)COc4c(cc(C(C)(C)C)cc4Cc4cc(C(C)(C)C)cc(c4O)C3)C2)CNC(=O)COc2c3cc(C(C)(C)C)cc2Cc2cc(C(C)(C)C)cc(c2O)Cc2cc(C(C)(C)C)cc(c2OCC(=O)NC1)Cc1cc(C(C)(C)C)cc(c1O)C3. The van der Waals surface area contributed by atoms with E-state index in [2.05, 4.69) is 295 Å². The lowest BCUT2D eigenvalue weighted by Gasteiger charge is -2.35. The highest BCUT2D eigenvalue weighted by Gasteiger charge is 2.37. The largest absolute Gasteiger partial charge is 0.507 e. The summed E-state index contributed by atoms with van der Waals surface area (Å²) in [6.45, 7) is 51.3. The third kappa shape index (κ3) is 22.0. The molecule has 8 aromatic carbocycles. The van der Waals surface area contributed by atoms with Crippen molar-refractivity contribution in [1.82, 2.24) is 31.9 Å². The Morgan fingerprint density at radius 3 is 0.545 bits per heavy atom. The number of aromatic hydroxyl groups is 4. The van der Waals surface area contributed by atoms with Crippen LogP contribution in [0.1, 0.15) is 300 Å². The molecule has 20 bridgehead atoms. The zero-order valence-electron chi connectivity index (χ0n) is 77.9. The molecule has 18 heteroatoms. The van der Waals surface area contributed by atoms with E-state index in [4.69, 9.17) is 18.9 Å². The summed E-state index contributed by atoms with van der Waals surface area (Å²) in [5.41, 5.74) is 15.3. The second-order valence-corrected chi connectivity index (χ2v) is 43.7. The van der Waals surface area contributed by atoms with Crippen LogP contribution in [0.4, 0.5) is 0 Å². The maximum Gasteiger partial charge on any atom is 0.257 e. The second kappa shape index (κ2) is 35.2. The fourth-order valence-corrected chi connectivity index (χ4v) is 17.0. The van der Waals surface area contributed by atoms with Gasteiger partial charge in [0.1, 0.15) is 46.0 Å². The number of carbonyl (C=O) groups excluding carboxylic acids is 4. The zero-order chi connectivity index (χ0) is 89.8. The molecule has 10 N–H and O–H groups in total. The highest BCUT2D eigenvalue weighted by atomic mass is 16.5. The van der Waals surface area contributed by atoms with Gasteiger partial charge in [-0.05, 0) is 177 Å². The van der Waals surface area contributed by atoms with Crippen LogP contribution >= 0.6 is 0 Å². The summed E-state index contributed by atoms with van der Waals surface area (Å²) in [5.74, 6) is 0.622. The van der Waals surface area contributed by atoms with E-state index in [0.717, 1.165) is 89.0 Å². The molecule has 4 amide bonds. The standard InChI is InChI=1S/C105H138N6O12/c1-97(2,3)77-37-61-29-69-45-81(101(13,14)15)47-71-31-63-39-78(98(4,5)6)40-64(90(63)117)32-72-48-82(102(16,17)18)46-70(30-62(38-77)89(61)116)94(72)121-54-86(113)109-28-26-107-58-105(57-106-25-27-108-85(112)53-120-93(69)71)59-110-87(114)55-122-95-73-33-65-41-79(99(7,8)9)42-66(91(65)118)34-74-50-84(104(22,23)24)52-76(96(74)123-56-88(115)111-60-105)36-68-44-80(100(10,11)12)43-67(92(68)119)35-75(95)51-83(49-73)103(19,20)21/h37-52,106-107,116-119H,25-36,53-60H2,1-24H3,(H,108,112)(H,109,113)(H,110,114)(H,111,115). The molecule has 8 aromatic rings. The normalized spacial score (nSPS) is 16.8. The molecule has 2 aliphatic carbocycles. The summed E-state index contributed by atoms with van der Waals surface area (Å²) in [4.78, 5) is 59.8. The number of carbonyl (C=O) groups is 4. The van der Waals surface area contributed by atoms with Gasteiger partial charge in [-0.3, -0.25) is 19.2 Å². The minimum atomic E-state index is -1.03. The minimum Gasteiger partial charge on any atom is -0.507 e. The first-order valence-corrected chi connectivity index (χ1v) is 44.2. The Morgan fingerprint density at radius 1 is 0.228 bits per heavy atom. The molecule has 4 aliphatic heterocycles. The molecule has 6 aliphatic rings. The molecule has 14 rings (SSSR count). The molecule has 660 valence electrons. The molecular formula is C105H138N6O12. The maximum absolute atomic E-state index is 15.2. The number of benzene rings is 8. The van der Waals surface area contributed by atoms with Crippen LogP contribution in [0.2, 0.25) is 0 Å². The fourth-order valence-electron chi connectivity index (χ4n) is 17.0. The topological polar surface area (TPSA) is 258 Å². The Balaban J connectivity index is 0.963. The molecule has 0 saturated carbocycles. The van der Waals surface area contributed by atoms with Crippen LogP contribution in [-0.2, 0) is 114 Å². The summed E-state index contributed by atoms with van der Waals surface area (Å²) < 4.78 is 28.0. The molecule has 4 heterocycles. The van der Waals surface area contributed by atoms with Crippen molar-refractivity contribution in [1.29, 1.82) is 0 Å². The smallest absolute Gasteiger partial charge is 0.257 e. The summed E-state index contributed by atoms with van der Waals surface area (Å²) in [7, 11) is 0. The van der Waals surface area contributed by atoms with E-state index in [0.29, 0.717) is 67.5 Å². The number of phenolic OH excluding ortho intramolecular Hbond substituents is 4. The van der Waals surface area contributed by atoms with Crippen molar-refractivity contribution in [3.05, 3.63) is 231 Å². The lowest BCUT2D eigenvalue weighted by molar-refractivity contribution is -0.125. The first-order valence-electron chi connectivity index (χ1n) is 44.2. The average molecular weight is 1680 g/mol. The summed E-state index contributed by atoms with van der Waals surface area (Å²) in [6, 6.07) is 33.6. The van der Waals surface area contributed by atoms with Gasteiger partial charge in [-0.1, -0.05) is 263 Å². The number of phenols is 4. The van der Waals surface area contributed by atoms with Gasteiger partial charge in [0.15, 0.2) is 26.4 Å². The average Bonchev–Trinajstić information content (AvgIpc) is 0.756. The van der Waals surface area contributed by atoms with Crippen molar-refractivity contribution in [3.63, 3.8) is 0 Å². The molecule has 18 nitrogen and oxygen atoms in total. The molecule has 0 saturated heterocycles. The van der Waals surface area contributed by atoms with Crippen LogP contribution in [0.5, 0.6) is 46.0 Å². The van der Waals surface area contributed by atoms with E-state index in [-0.39, 0.29) is 183 Å². The Labute approximate surface area is 731 Å². The summed E-state index contributed by atoms with van der Waals surface area (Å²) >= 11 is 0. The lowest BCUT2D eigenvalue weighted by Crippen LogP contribution is -2.57. The van der Waals surface area contributed by atoms with E-state index in [1.807, 2.05) is 0 Å². The Kier molecular flexibility index (Phi) is 26.4. The van der Waals surface area contributed by atoms with Crippen molar-refractivity contribution in [2.24, 2.45) is 5.41 Å². The van der Waals surface area contributed by atoms with Crippen LogP contribution < -0.4 is 50.8 Å². The van der Waals surface area contributed by atoms with Crippen LogP contribution in [0.3, 0.4) is 0 Å². The van der Waals surface area contributed by atoms with E-state index in [1.54, 1.807) is 0 Å². The number of ether oxygens (including phenoxy) is 4. The van der Waals surface area contributed by atoms with Crippen molar-refractivity contribution in [3.8, 4) is 46.0 Å². The van der Waals surface area contributed by atoms with Gasteiger partial charge in [-0.15, -0.1) is 0 Å². The molecule has 1 spiro atoms. The van der Waals surface area contributed by atoms with Gasteiger partial charge in [-0.25, -0.2) is 0 Å². The molecular weight excluding hydrogens is 1540 g/mol. The zero-order valence-corrected chi connectivity index (χ0v) is 77.9. The Bertz CT molecular complexity index is 4840. The number of hydrogen-bond donors (Lipinski definition) is 10. The predicted molar refractivity (Wildman–Crippen MR) is 492 cm³/mol.